The van der Waals surface area contributed by atoms with Gasteiger partial charge in [0.25, 0.3) is 0 Å². The summed E-state index contributed by atoms with van der Waals surface area (Å²) >= 11 is 0. The summed E-state index contributed by atoms with van der Waals surface area (Å²) < 4.78 is 5.89. The highest BCUT2D eigenvalue weighted by molar-refractivity contribution is 5.77. The van der Waals surface area contributed by atoms with Crippen LogP contribution in [0.15, 0.2) is 97.2 Å². The average molecular weight is 834 g/mol. The Morgan fingerprint density at radius 2 is 0.900 bits per heavy atom. The Labute approximate surface area is 369 Å². The number of nitrogens with one attached hydrogen (secondary N) is 1. The number of esters is 1. The quantitative estimate of drug-likeness (QED) is 0.0323. The number of hydrogen-bond acceptors (Lipinski definition) is 5. The zero-order chi connectivity index (χ0) is 43.8. The molecular weight excluding hydrogens is 743 g/mol. The first-order valence-electron chi connectivity index (χ1n) is 24.6. The predicted octanol–water partition coefficient (Wildman–Crippen LogP) is 14.6. The summed E-state index contributed by atoms with van der Waals surface area (Å²) in [6.07, 6.45) is 61.7. The van der Waals surface area contributed by atoms with Crippen molar-refractivity contribution in [2.45, 2.75) is 225 Å². The van der Waals surface area contributed by atoms with Gasteiger partial charge in [-0.05, 0) is 64.2 Å². The van der Waals surface area contributed by atoms with Gasteiger partial charge in [0.2, 0.25) is 5.91 Å². The fraction of sp³-hybridized carbons (Fsp3) is 0.667. The zero-order valence-electron chi connectivity index (χ0n) is 38.8. The molecule has 1 amide bonds. The highest BCUT2D eigenvalue weighted by atomic mass is 16.5. The first kappa shape index (κ1) is 56.8. The monoisotopic (exact) mass is 834 g/mol. The maximum atomic E-state index is 13.2. The van der Waals surface area contributed by atoms with Gasteiger partial charge in [0.05, 0.1) is 25.2 Å². The fourth-order valence-electron chi connectivity index (χ4n) is 6.92. The van der Waals surface area contributed by atoms with Gasteiger partial charge in [-0.25, -0.2) is 0 Å². The molecule has 0 saturated heterocycles. The standard InChI is InChI=1S/C54H91NO5/c1-4-7-10-13-16-19-22-25-26-29-32-35-38-41-44-47-54(59)60-50(45-42-39-36-33-30-27-23-20-17-14-11-8-5-2)48-53(58)55-51(49-56)52(57)46-43-40-37-34-31-28-24-21-18-15-12-9-6-3/h7-8,10-11,13-14,16-17,19-20,22-23,25-26,29,32,50-52,56-57H,4-6,9,12,15,18,21,24,27-28,30-31,33-49H2,1-3H3,(H,55,58)/b10-7+,11-8+,16-13+,17-14+,22-19-,23-20+,26-25-,32-29+. The number of aliphatic hydroxyl groups is 2. The van der Waals surface area contributed by atoms with Crippen LogP contribution in [0.5, 0.6) is 0 Å². The lowest BCUT2D eigenvalue weighted by Gasteiger charge is -2.24. The van der Waals surface area contributed by atoms with Crippen molar-refractivity contribution in [2.24, 2.45) is 0 Å². The Morgan fingerprint density at radius 1 is 0.500 bits per heavy atom. The second-order valence-electron chi connectivity index (χ2n) is 16.3. The molecule has 0 aliphatic heterocycles. The Hall–Kier alpha value is -3.22. The van der Waals surface area contributed by atoms with Crippen molar-refractivity contribution in [2.75, 3.05) is 6.61 Å². The molecule has 0 heterocycles. The number of allylic oxidation sites excluding steroid dienone is 16. The van der Waals surface area contributed by atoms with E-state index in [4.69, 9.17) is 4.74 Å². The largest absolute Gasteiger partial charge is 0.462 e. The minimum absolute atomic E-state index is 0.0408. The van der Waals surface area contributed by atoms with Crippen molar-refractivity contribution in [3.05, 3.63) is 97.2 Å². The lowest BCUT2D eigenvalue weighted by Crippen LogP contribution is -2.46. The number of carbonyl (C=O) groups is 2. The number of aliphatic hydroxyl groups excluding tert-OH is 2. The number of amides is 1. The molecule has 0 radical (unpaired) electrons. The molecule has 6 nitrogen and oxygen atoms in total. The molecule has 0 aromatic heterocycles. The van der Waals surface area contributed by atoms with Gasteiger partial charge in [-0.15, -0.1) is 0 Å². The molecule has 0 saturated carbocycles. The summed E-state index contributed by atoms with van der Waals surface area (Å²) in [4.78, 5) is 26.1. The summed E-state index contributed by atoms with van der Waals surface area (Å²) in [5, 5.41) is 23.7. The molecule has 0 aliphatic rings. The van der Waals surface area contributed by atoms with Crippen LogP contribution in [0.4, 0.5) is 0 Å². The van der Waals surface area contributed by atoms with E-state index < -0.39 is 18.2 Å². The average Bonchev–Trinajstić information content (AvgIpc) is 3.24. The molecule has 0 rings (SSSR count). The van der Waals surface area contributed by atoms with Gasteiger partial charge in [0.1, 0.15) is 6.10 Å². The minimum Gasteiger partial charge on any atom is -0.462 e. The molecule has 342 valence electrons. The van der Waals surface area contributed by atoms with Crippen molar-refractivity contribution in [1.82, 2.24) is 5.32 Å². The van der Waals surface area contributed by atoms with E-state index in [1.807, 2.05) is 42.5 Å². The molecule has 6 heteroatoms. The normalized spacial score (nSPS) is 14.2. The van der Waals surface area contributed by atoms with Gasteiger partial charge in [0, 0.05) is 6.42 Å². The molecule has 0 aromatic rings. The van der Waals surface area contributed by atoms with Gasteiger partial charge in [-0.2, -0.15) is 0 Å². The third-order valence-corrected chi connectivity index (χ3v) is 10.6. The van der Waals surface area contributed by atoms with Gasteiger partial charge in [-0.1, -0.05) is 227 Å². The summed E-state index contributed by atoms with van der Waals surface area (Å²) in [6.45, 7) is 6.18. The highest BCUT2D eigenvalue weighted by Crippen LogP contribution is 2.17. The van der Waals surface area contributed by atoms with E-state index in [0.717, 1.165) is 96.3 Å². The van der Waals surface area contributed by atoms with Gasteiger partial charge in [0.15, 0.2) is 0 Å². The number of rotatable bonds is 42. The molecule has 3 N–H and O–H groups in total. The Kier molecular flexibility index (Phi) is 44.3. The predicted molar refractivity (Wildman–Crippen MR) is 259 cm³/mol. The second kappa shape index (κ2) is 46.8. The summed E-state index contributed by atoms with van der Waals surface area (Å²) in [5.41, 5.74) is 0. The molecular formula is C54H91NO5. The van der Waals surface area contributed by atoms with Crippen molar-refractivity contribution in [3.63, 3.8) is 0 Å². The highest BCUT2D eigenvalue weighted by Gasteiger charge is 2.24. The third kappa shape index (κ3) is 41.5. The van der Waals surface area contributed by atoms with Crippen LogP contribution in [0.25, 0.3) is 0 Å². The maximum absolute atomic E-state index is 13.2. The van der Waals surface area contributed by atoms with Gasteiger partial charge < -0.3 is 20.3 Å². The van der Waals surface area contributed by atoms with Crippen molar-refractivity contribution in [3.8, 4) is 0 Å². The number of carbonyl (C=O) groups excluding carboxylic acids is 2. The Balaban J connectivity index is 4.71. The van der Waals surface area contributed by atoms with Crippen LogP contribution in [0.3, 0.4) is 0 Å². The van der Waals surface area contributed by atoms with Crippen molar-refractivity contribution >= 4 is 11.9 Å². The van der Waals surface area contributed by atoms with E-state index >= 15 is 0 Å². The molecule has 60 heavy (non-hydrogen) atoms. The van der Waals surface area contributed by atoms with Crippen LogP contribution in [0.1, 0.15) is 207 Å². The summed E-state index contributed by atoms with van der Waals surface area (Å²) in [5.74, 6) is -0.552. The van der Waals surface area contributed by atoms with E-state index in [1.165, 1.54) is 64.2 Å². The lowest BCUT2D eigenvalue weighted by atomic mass is 10.0. The van der Waals surface area contributed by atoms with Crippen LogP contribution in [-0.4, -0.2) is 46.9 Å². The molecule has 0 spiro atoms. The summed E-state index contributed by atoms with van der Waals surface area (Å²) in [7, 11) is 0. The molecule has 0 fully saturated rings. The van der Waals surface area contributed by atoms with E-state index in [9.17, 15) is 19.8 Å². The summed E-state index contributed by atoms with van der Waals surface area (Å²) in [6, 6.07) is -0.723. The Bertz CT molecular complexity index is 1210. The molecule has 0 aromatic carbocycles. The topological polar surface area (TPSA) is 95.9 Å². The van der Waals surface area contributed by atoms with Crippen LogP contribution in [0, 0.1) is 0 Å². The van der Waals surface area contributed by atoms with E-state index in [2.05, 4.69) is 80.8 Å². The molecule has 3 unspecified atom stereocenters. The second-order valence-corrected chi connectivity index (χ2v) is 16.3. The molecule has 3 atom stereocenters. The van der Waals surface area contributed by atoms with Crippen LogP contribution >= 0.6 is 0 Å². The zero-order valence-corrected chi connectivity index (χ0v) is 38.8. The van der Waals surface area contributed by atoms with Crippen molar-refractivity contribution in [1.29, 1.82) is 0 Å². The van der Waals surface area contributed by atoms with Gasteiger partial charge >= 0.3 is 5.97 Å². The minimum atomic E-state index is -0.806. The van der Waals surface area contributed by atoms with Crippen molar-refractivity contribution < 1.29 is 24.5 Å². The van der Waals surface area contributed by atoms with E-state index in [0.29, 0.717) is 19.3 Å². The molecule has 0 bridgehead atoms. The first-order valence-corrected chi connectivity index (χ1v) is 24.6. The number of ether oxygens (including phenoxy) is 1. The van der Waals surface area contributed by atoms with Crippen LogP contribution < -0.4 is 5.32 Å². The number of hydrogen-bond donors (Lipinski definition) is 3. The number of unbranched alkanes of at least 4 members (excludes halogenated alkanes) is 20. The lowest BCUT2D eigenvalue weighted by molar-refractivity contribution is -0.151. The Morgan fingerprint density at radius 3 is 1.37 bits per heavy atom. The molecule has 0 aliphatic carbocycles. The van der Waals surface area contributed by atoms with Crippen LogP contribution in [-0.2, 0) is 14.3 Å². The fourth-order valence-corrected chi connectivity index (χ4v) is 6.92. The van der Waals surface area contributed by atoms with Crippen LogP contribution in [0.2, 0.25) is 0 Å². The maximum Gasteiger partial charge on any atom is 0.306 e. The first-order chi connectivity index (χ1) is 29.5. The third-order valence-electron chi connectivity index (χ3n) is 10.6. The van der Waals surface area contributed by atoms with E-state index in [1.54, 1.807) is 0 Å². The van der Waals surface area contributed by atoms with Gasteiger partial charge in [-0.3, -0.25) is 9.59 Å². The smallest absolute Gasteiger partial charge is 0.306 e. The SMILES string of the molecule is CC/C=C/C=C/C=C\C=C/C=C/CCCCCC(=O)OC(CCCCCCC/C=C/C=C/C=C/CC)CC(=O)NC(CO)C(O)CCCCCCCCCCCCCCC. The van der Waals surface area contributed by atoms with E-state index in [-0.39, 0.29) is 24.9 Å².